The maximum Gasteiger partial charge on any atom is 0.320 e. The molecule has 1 saturated heterocycles. The zero-order valence-electron chi connectivity index (χ0n) is 7.91. The summed E-state index contributed by atoms with van der Waals surface area (Å²) < 4.78 is 10.0. The first kappa shape index (κ1) is 14.0. The molecule has 1 aliphatic rings. The standard InChI is InChI=1S/C8H14ClNO3.ClH/c9-7-8(11)13-6-3-10-1-4-12-5-2-10;/h1-7H2;1H. The molecule has 14 heavy (non-hydrogen) atoms. The van der Waals surface area contributed by atoms with Gasteiger partial charge in [0.1, 0.15) is 12.5 Å². The molecule has 0 amide bonds. The number of carbonyl (C=O) groups excluding carboxylic acids is 1. The van der Waals surface area contributed by atoms with E-state index < -0.39 is 0 Å². The molecule has 84 valence electrons. The Morgan fingerprint density at radius 1 is 1.43 bits per heavy atom. The number of halogens is 2. The van der Waals surface area contributed by atoms with E-state index in [4.69, 9.17) is 21.1 Å². The van der Waals surface area contributed by atoms with Crippen LogP contribution >= 0.6 is 24.0 Å². The van der Waals surface area contributed by atoms with Gasteiger partial charge in [0.2, 0.25) is 0 Å². The Morgan fingerprint density at radius 2 is 2.07 bits per heavy atom. The van der Waals surface area contributed by atoms with Gasteiger partial charge in [-0.3, -0.25) is 9.69 Å². The molecule has 4 nitrogen and oxygen atoms in total. The highest BCUT2D eigenvalue weighted by Crippen LogP contribution is 1.96. The molecule has 0 aromatic heterocycles. The van der Waals surface area contributed by atoms with Gasteiger partial charge in [-0.25, -0.2) is 0 Å². The van der Waals surface area contributed by atoms with Gasteiger partial charge in [0.05, 0.1) is 13.2 Å². The topological polar surface area (TPSA) is 38.8 Å². The van der Waals surface area contributed by atoms with E-state index >= 15 is 0 Å². The minimum Gasteiger partial charge on any atom is -0.463 e. The van der Waals surface area contributed by atoms with Crippen LogP contribution in [0.2, 0.25) is 0 Å². The zero-order chi connectivity index (χ0) is 9.52. The molecule has 0 N–H and O–H groups in total. The van der Waals surface area contributed by atoms with Gasteiger partial charge in [-0.05, 0) is 0 Å². The zero-order valence-corrected chi connectivity index (χ0v) is 9.48. The molecule has 1 rings (SSSR count). The molecule has 1 heterocycles. The van der Waals surface area contributed by atoms with Crippen molar-refractivity contribution in [3.8, 4) is 0 Å². The number of rotatable bonds is 4. The summed E-state index contributed by atoms with van der Waals surface area (Å²) in [6.45, 7) is 4.56. The number of alkyl halides is 1. The number of hydrogen-bond acceptors (Lipinski definition) is 4. The third-order valence-electron chi connectivity index (χ3n) is 1.88. The second-order valence-electron chi connectivity index (χ2n) is 2.81. The molecular weight excluding hydrogens is 229 g/mol. The largest absolute Gasteiger partial charge is 0.463 e. The summed E-state index contributed by atoms with van der Waals surface area (Å²) >= 11 is 5.27. The van der Waals surface area contributed by atoms with Crippen LogP contribution in [-0.4, -0.2) is 56.2 Å². The van der Waals surface area contributed by atoms with Crippen molar-refractivity contribution in [1.29, 1.82) is 0 Å². The summed E-state index contributed by atoms with van der Waals surface area (Å²) in [6.07, 6.45) is 0. The Balaban J connectivity index is 0.00000169. The normalized spacial score (nSPS) is 17.2. The average molecular weight is 244 g/mol. The lowest BCUT2D eigenvalue weighted by Crippen LogP contribution is -2.38. The van der Waals surface area contributed by atoms with Crippen LogP contribution in [0.15, 0.2) is 0 Å². The number of carbonyl (C=O) groups is 1. The summed E-state index contributed by atoms with van der Waals surface area (Å²) in [6, 6.07) is 0. The van der Waals surface area contributed by atoms with Crippen LogP contribution < -0.4 is 0 Å². The number of nitrogens with zero attached hydrogens (tertiary/aromatic N) is 1. The van der Waals surface area contributed by atoms with Gasteiger partial charge >= 0.3 is 5.97 Å². The van der Waals surface area contributed by atoms with Crippen LogP contribution in [0.4, 0.5) is 0 Å². The van der Waals surface area contributed by atoms with E-state index in [0.717, 1.165) is 32.8 Å². The van der Waals surface area contributed by atoms with E-state index in [9.17, 15) is 4.79 Å². The third kappa shape index (κ3) is 5.65. The summed E-state index contributed by atoms with van der Waals surface area (Å²) in [5.74, 6) is -0.418. The third-order valence-corrected chi connectivity index (χ3v) is 2.10. The predicted molar refractivity (Wildman–Crippen MR) is 56.2 cm³/mol. The summed E-state index contributed by atoms with van der Waals surface area (Å²) in [4.78, 5) is 12.9. The molecule has 0 unspecified atom stereocenters. The van der Waals surface area contributed by atoms with Crippen LogP contribution in [0.3, 0.4) is 0 Å². The Hall–Kier alpha value is -0.0300. The molecule has 0 atom stereocenters. The highest BCUT2D eigenvalue weighted by atomic mass is 35.5. The predicted octanol–water partition coefficient (Wildman–Crippen LogP) is 0.522. The highest BCUT2D eigenvalue weighted by Gasteiger charge is 2.10. The molecule has 1 aliphatic heterocycles. The number of ether oxygens (including phenoxy) is 2. The van der Waals surface area contributed by atoms with Gasteiger partial charge in [0.25, 0.3) is 0 Å². The lowest BCUT2D eigenvalue weighted by Gasteiger charge is -2.26. The van der Waals surface area contributed by atoms with Gasteiger partial charge in [0, 0.05) is 19.6 Å². The summed E-state index contributed by atoms with van der Waals surface area (Å²) in [5, 5.41) is 0. The van der Waals surface area contributed by atoms with Crippen molar-refractivity contribution in [2.24, 2.45) is 0 Å². The highest BCUT2D eigenvalue weighted by molar-refractivity contribution is 6.26. The molecule has 0 aromatic rings. The average Bonchev–Trinajstić information content (AvgIpc) is 2.19. The fourth-order valence-corrected chi connectivity index (χ4v) is 1.23. The molecule has 0 saturated carbocycles. The van der Waals surface area contributed by atoms with Gasteiger partial charge < -0.3 is 9.47 Å². The van der Waals surface area contributed by atoms with Crippen molar-refractivity contribution in [2.45, 2.75) is 0 Å². The van der Waals surface area contributed by atoms with Gasteiger partial charge in [0.15, 0.2) is 0 Å². The first-order valence-electron chi connectivity index (χ1n) is 4.34. The molecule has 0 radical (unpaired) electrons. The van der Waals surface area contributed by atoms with Crippen LogP contribution in [-0.2, 0) is 14.3 Å². The second kappa shape index (κ2) is 8.29. The Morgan fingerprint density at radius 3 is 2.64 bits per heavy atom. The van der Waals surface area contributed by atoms with E-state index in [2.05, 4.69) is 4.90 Å². The van der Waals surface area contributed by atoms with Crippen LogP contribution in [0, 0.1) is 0 Å². The van der Waals surface area contributed by atoms with E-state index in [1.807, 2.05) is 0 Å². The number of esters is 1. The lowest BCUT2D eigenvalue weighted by molar-refractivity contribution is -0.141. The minimum atomic E-state index is -0.352. The smallest absolute Gasteiger partial charge is 0.320 e. The van der Waals surface area contributed by atoms with Crippen molar-refractivity contribution in [3.05, 3.63) is 0 Å². The quantitative estimate of drug-likeness (QED) is 0.534. The monoisotopic (exact) mass is 243 g/mol. The molecule has 0 aromatic carbocycles. The van der Waals surface area contributed by atoms with Crippen molar-refractivity contribution in [3.63, 3.8) is 0 Å². The van der Waals surface area contributed by atoms with Crippen molar-refractivity contribution >= 4 is 30.0 Å². The Bertz CT molecular complexity index is 163. The maximum absolute atomic E-state index is 10.7. The molecule has 0 aliphatic carbocycles. The lowest BCUT2D eigenvalue weighted by atomic mass is 10.4. The van der Waals surface area contributed by atoms with Crippen LogP contribution in [0.1, 0.15) is 0 Å². The molecule has 1 fully saturated rings. The van der Waals surface area contributed by atoms with Crippen LogP contribution in [0.5, 0.6) is 0 Å². The number of morpholine rings is 1. The van der Waals surface area contributed by atoms with Gasteiger partial charge in [-0.15, -0.1) is 24.0 Å². The summed E-state index contributed by atoms with van der Waals surface area (Å²) in [5.41, 5.74) is 0. The molecule has 6 heteroatoms. The minimum absolute atomic E-state index is 0. The number of hydrogen-bond donors (Lipinski definition) is 0. The van der Waals surface area contributed by atoms with E-state index in [1.165, 1.54) is 0 Å². The fraction of sp³-hybridized carbons (Fsp3) is 0.875. The Kier molecular flexibility index (Phi) is 8.27. The molecule has 0 spiro atoms. The van der Waals surface area contributed by atoms with Crippen LogP contribution in [0.25, 0.3) is 0 Å². The maximum atomic E-state index is 10.7. The van der Waals surface area contributed by atoms with Crippen molar-refractivity contribution in [2.75, 3.05) is 45.3 Å². The molecular formula is C8H15Cl2NO3. The Labute approximate surface area is 94.9 Å². The SMILES string of the molecule is Cl.O=C(CCl)OCCN1CCOCC1. The second-order valence-corrected chi connectivity index (χ2v) is 3.08. The van der Waals surface area contributed by atoms with Gasteiger partial charge in [-0.2, -0.15) is 0 Å². The first-order valence-corrected chi connectivity index (χ1v) is 4.88. The van der Waals surface area contributed by atoms with Crippen molar-refractivity contribution < 1.29 is 14.3 Å². The van der Waals surface area contributed by atoms with E-state index in [0.29, 0.717) is 6.61 Å². The molecule has 0 bridgehead atoms. The van der Waals surface area contributed by atoms with E-state index in [-0.39, 0.29) is 24.3 Å². The van der Waals surface area contributed by atoms with Gasteiger partial charge in [-0.1, -0.05) is 0 Å². The first-order chi connectivity index (χ1) is 6.33. The summed E-state index contributed by atoms with van der Waals surface area (Å²) in [7, 11) is 0. The van der Waals surface area contributed by atoms with Crippen molar-refractivity contribution in [1.82, 2.24) is 4.90 Å². The van der Waals surface area contributed by atoms with E-state index in [1.54, 1.807) is 0 Å². The fourth-order valence-electron chi connectivity index (χ4n) is 1.15.